The van der Waals surface area contributed by atoms with Gasteiger partial charge in [0.15, 0.2) is 0 Å². The van der Waals surface area contributed by atoms with E-state index in [1.807, 2.05) is 17.0 Å². The van der Waals surface area contributed by atoms with E-state index in [0.29, 0.717) is 30.5 Å². The quantitative estimate of drug-likeness (QED) is 0.932. The molecule has 21 heavy (non-hydrogen) atoms. The molecule has 3 rings (SSSR count). The number of ether oxygens (including phenoxy) is 1. The molecule has 0 aliphatic carbocycles. The summed E-state index contributed by atoms with van der Waals surface area (Å²) >= 11 is 6.18. The number of carboxylic acid groups (broad SMARTS) is 1. The van der Waals surface area contributed by atoms with Crippen molar-refractivity contribution in [2.75, 3.05) is 13.2 Å². The number of nitrogens with zero attached hydrogens (tertiary/aromatic N) is 1. The fourth-order valence-corrected chi connectivity index (χ4v) is 3.58. The molecule has 2 unspecified atom stereocenters. The van der Waals surface area contributed by atoms with Gasteiger partial charge in [0, 0.05) is 23.6 Å². The normalized spacial score (nSPS) is 25.4. The summed E-state index contributed by atoms with van der Waals surface area (Å²) in [5.74, 6) is 0.631. The Bertz CT molecular complexity index is 561. The molecule has 0 bridgehead atoms. The number of halogens is 1. The van der Waals surface area contributed by atoms with Crippen LogP contribution in [0, 0.1) is 5.92 Å². The first-order chi connectivity index (χ1) is 10.0. The summed E-state index contributed by atoms with van der Waals surface area (Å²) < 4.78 is 5.71. The first-order valence-corrected chi connectivity index (χ1v) is 7.83. The Morgan fingerprint density at radius 2 is 2.33 bits per heavy atom. The van der Waals surface area contributed by atoms with Crippen molar-refractivity contribution in [1.29, 1.82) is 0 Å². The van der Waals surface area contributed by atoms with Gasteiger partial charge >= 0.3 is 5.97 Å². The SMILES string of the molecule is CC1CCN(Cc2cc(Cl)cc3c2OCC3)C(C(=O)O)C1. The molecule has 1 saturated heterocycles. The molecule has 2 heterocycles. The minimum absolute atomic E-state index is 0.412. The fraction of sp³-hybridized carbons (Fsp3) is 0.562. The Labute approximate surface area is 129 Å². The number of carbonyl (C=O) groups is 1. The van der Waals surface area contributed by atoms with Gasteiger partial charge in [0.25, 0.3) is 0 Å². The minimum atomic E-state index is -0.735. The largest absolute Gasteiger partial charge is 0.493 e. The Hall–Kier alpha value is -1.26. The third-order valence-corrected chi connectivity index (χ3v) is 4.68. The first-order valence-electron chi connectivity index (χ1n) is 7.45. The molecule has 4 nitrogen and oxygen atoms in total. The lowest BCUT2D eigenvalue weighted by atomic mass is 9.92. The zero-order chi connectivity index (χ0) is 15.0. The molecular weight excluding hydrogens is 290 g/mol. The Morgan fingerprint density at radius 1 is 1.52 bits per heavy atom. The van der Waals surface area contributed by atoms with Gasteiger partial charge in [0.1, 0.15) is 11.8 Å². The number of carboxylic acids is 1. The molecule has 2 aliphatic rings. The van der Waals surface area contributed by atoms with Gasteiger partial charge < -0.3 is 9.84 Å². The van der Waals surface area contributed by atoms with Crippen molar-refractivity contribution >= 4 is 17.6 Å². The van der Waals surface area contributed by atoms with Crippen LogP contribution in [-0.2, 0) is 17.8 Å². The maximum atomic E-state index is 11.5. The Morgan fingerprint density at radius 3 is 3.10 bits per heavy atom. The van der Waals surface area contributed by atoms with Crippen LogP contribution >= 0.6 is 11.6 Å². The standard InChI is InChI=1S/C16H20ClNO3/c1-10-2-4-18(14(6-10)16(19)20)9-12-8-13(17)7-11-3-5-21-15(11)12/h7-8,10,14H,2-6,9H2,1H3,(H,19,20). The number of benzene rings is 1. The highest BCUT2D eigenvalue weighted by Gasteiger charge is 2.32. The highest BCUT2D eigenvalue weighted by molar-refractivity contribution is 6.30. The summed E-state index contributed by atoms with van der Waals surface area (Å²) in [5.41, 5.74) is 2.14. The van der Waals surface area contributed by atoms with Gasteiger partial charge in [-0.2, -0.15) is 0 Å². The number of fused-ring (bicyclic) bond motifs is 1. The van der Waals surface area contributed by atoms with Crippen LogP contribution in [-0.4, -0.2) is 35.2 Å². The molecule has 0 spiro atoms. The minimum Gasteiger partial charge on any atom is -0.493 e. The molecule has 2 aliphatic heterocycles. The number of rotatable bonds is 3. The third kappa shape index (κ3) is 3.01. The molecule has 0 aromatic heterocycles. The molecule has 1 aromatic carbocycles. The van der Waals surface area contributed by atoms with Gasteiger partial charge in [-0.1, -0.05) is 18.5 Å². The summed E-state index contributed by atoms with van der Waals surface area (Å²) in [6.45, 7) is 4.20. The first kappa shape index (κ1) is 14.7. The van der Waals surface area contributed by atoms with E-state index in [9.17, 15) is 9.90 Å². The molecule has 1 aromatic rings. The average Bonchev–Trinajstić information content (AvgIpc) is 2.88. The van der Waals surface area contributed by atoms with Crippen molar-refractivity contribution in [2.24, 2.45) is 5.92 Å². The number of piperidine rings is 1. The van der Waals surface area contributed by atoms with Crippen molar-refractivity contribution in [1.82, 2.24) is 4.90 Å². The van der Waals surface area contributed by atoms with Crippen LogP contribution in [0.4, 0.5) is 0 Å². The van der Waals surface area contributed by atoms with Crippen LogP contribution in [0.1, 0.15) is 30.9 Å². The van der Waals surface area contributed by atoms with E-state index in [-0.39, 0.29) is 0 Å². The third-order valence-electron chi connectivity index (χ3n) is 4.46. The summed E-state index contributed by atoms with van der Waals surface area (Å²) in [4.78, 5) is 13.5. The highest BCUT2D eigenvalue weighted by Crippen LogP contribution is 2.35. The lowest BCUT2D eigenvalue weighted by Crippen LogP contribution is -2.46. The average molecular weight is 310 g/mol. The van der Waals surface area contributed by atoms with Gasteiger partial charge in [-0.25, -0.2) is 0 Å². The molecule has 114 valence electrons. The van der Waals surface area contributed by atoms with Crippen molar-refractivity contribution in [3.8, 4) is 5.75 Å². The van der Waals surface area contributed by atoms with E-state index in [1.165, 1.54) is 0 Å². The second-order valence-electron chi connectivity index (χ2n) is 6.11. The monoisotopic (exact) mass is 309 g/mol. The molecule has 1 N–H and O–H groups in total. The molecule has 0 radical (unpaired) electrons. The highest BCUT2D eigenvalue weighted by atomic mass is 35.5. The van der Waals surface area contributed by atoms with Crippen LogP contribution in [0.25, 0.3) is 0 Å². The number of hydrogen-bond donors (Lipinski definition) is 1. The Balaban J connectivity index is 1.84. The molecule has 1 fully saturated rings. The predicted octanol–water partition coefficient (Wildman–Crippen LogP) is 2.96. The fourth-order valence-electron chi connectivity index (χ4n) is 3.32. The zero-order valence-electron chi connectivity index (χ0n) is 12.1. The van der Waals surface area contributed by atoms with Crippen molar-refractivity contribution < 1.29 is 14.6 Å². The van der Waals surface area contributed by atoms with Crippen LogP contribution in [0.2, 0.25) is 5.02 Å². The van der Waals surface area contributed by atoms with Gasteiger partial charge in [0.2, 0.25) is 0 Å². The van der Waals surface area contributed by atoms with Gasteiger partial charge in [0.05, 0.1) is 6.61 Å². The van der Waals surface area contributed by atoms with E-state index in [0.717, 1.165) is 36.3 Å². The van der Waals surface area contributed by atoms with Crippen molar-refractivity contribution in [3.63, 3.8) is 0 Å². The summed E-state index contributed by atoms with van der Waals surface area (Å²) in [6, 6.07) is 3.44. The molecule has 0 saturated carbocycles. The molecule has 5 heteroatoms. The number of likely N-dealkylation sites (tertiary alicyclic amines) is 1. The van der Waals surface area contributed by atoms with Crippen LogP contribution in [0.5, 0.6) is 5.75 Å². The van der Waals surface area contributed by atoms with E-state index in [4.69, 9.17) is 16.3 Å². The van der Waals surface area contributed by atoms with Gasteiger partial charge in [-0.05, 0) is 43.0 Å². The van der Waals surface area contributed by atoms with Crippen LogP contribution in [0.15, 0.2) is 12.1 Å². The summed E-state index contributed by atoms with van der Waals surface area (Å²) in [6.07, 6.45) is 2.62. The zero-order valence-corrected chi connectivity index (χ0v) is 12.9. The summed E-state index contributed by atoms with van der Waals surface area (Å²) in [7, 11) is 0. The topological polar surface area (TPSA) is 49.8 Å². The van der Waals surface area contributed by atoms with Gasteiger partial charge in [-0.3, -0.25) is 9.69 Å². The smallest absolute Gasteiger partial charge is 0.320 e. The molecular formula is C16H20ClNO3. The lowest BCUT2D eigenvalue weighted by molar-refractivity contribution is -0.145. The second-order valence-corrected chi connectivity index (χ2v) is 6.54. The predicted molar refractivity (Wildman–Crippen MR) is 80.9 cm³/mol. The van der Waals surface area contributed by atoms with E-state index in [2.05, 4.69) is 6.92 Å². The van der Waals surface area contributed by atoms with Gasteiger partial charge in [-0.15, -0.1) is 0 Å². The maximum absolute atomic E-state index is 11.5. The van der Waals surface area contributed by atoms with E-state index < -0.39 is 12.0 Å². The van der Waals surface area contributed by atoms with E-state index >= 15 is 0 Å². The second kappa shape index (κ2) is 5.85. The number of hydrogen-bond acceptors (Lipinski definition) is 3. The van der Waals surface area contributed by atoms with Crippen LogP contribution < -0.4 is 4.74 Å². The Kier molecular flexibility index (Phi) is 4.09. The van der Waals surface area contributed by atoms with Crippen molar-refractivity contribution in [2.45, 2.75) is 38.8 Å². The molecule has 0 amide bonds. The maximum Gasteiger partial charge on any atom is 0.320 e. The molecule has 2 atom stereocenters. The van der Waals surface area contributed by atoms with Crippen LogP contribution in [0.3, 0.4) is 0 Å². The number of aliphatic carboxylic acids is 1. The summed E-state index contributed by atoms with van der Waals surface area (Å²) in [5, 5.41) is 10.2. The lowest BCUT2D eigenvalue weighted by Gasteiger charge is -2.36. The van der Waals surface area contributed by atoms with Crippen molar-refractivity contribution in [3.05, 3.63) is 28.3 Å². The van der Waals surface area contributed by atoms with E-state index in [1.54, 1.807) is 0 Å².